The summed E-state index contributed by atoms with van der Waals surface area (Å²) in [5, 5.41) is 9.16. The van der Waals surface area contributed by atoms with Crippen LogP contribution < -0.4 is 16.0 Å². The number of piperidine rings is 1. The minimum absolute atomic E-state index is 0.250. The van der Waals surface area contributed by atoms with Gasteiger partial charge in [0.25, 0.3) is 0 Å². The van der Waals surface area contributed by atoms with E-state index in [0.29, 0.717) is 18.7 Å². The quantitative estimate of drug-likeness (QED) is 0.641. The molecule has 0 saturated carbocycles. The Morgan fingerprint density at radius 3 is 2.90 bits per heavy atom. The number of anilines is 1. The molecule has 3 rings (SSSR count). The summed E-state index contributed by atoms with van der Waals surface area (Å²) in [7, 11) is 0. The van der Waals surface area contributed by atoms with Crippen molar-refractivity contribution in [3.63, 3.8) is 0 Å². The summed E-state index contributed by atoms with van der Waals surface area (Å²) < 4.78 is 15.3. The van der Waals surface area contributed by atoms with Gasteiger partial charge in [0.2, 0.25) is 11.8 Å². The van der Waals surface area contributed by atoms with Gasteiger partial charge in [0.05, 0.1) is 11.8 Å². The third-order valence-electron chi connectivity index (χ3n) is 5.53. The van der Waals surface area contributed by atoms with Crippen LogP contribution in [0.5, 0.6) is 0 Å². The summed E-state index contributed by atoms with van der Waals surface area (Å²) in [4.78, 5) is 25.8. The average Bonchev–Trinajstić information content (AvgIpc) is 2.96. The van der Waals surface area contributed by atoms with Crippen molar-refractivity contribution in [1.82, 2.24) is 10.6 Å². The molecule has 1 aromatic rings. The number of carbonyl (C=O) groups is 2. The van der Waals surface area contributed by atoms with Crippen molar-refractivity contribution in [1.29, 1.82) is 0 Å². The third-order valence-corrected chi connectivity index (χ3v) is 5.66. The van der Waals surface area contributed by atoms with Crippen molar-refractivity contribution in [3.8, 4) is 0 Å². The molecule has 2 amide bonds. The van der Waals surface area contributed by atoms with Gasteiger partial charge in [-0.05, 0) is 50.1 Å². The van der Waals surface area contributed by atoms with Crippen molar-refractivity contribution in [3.05, 3.63) is 65.5 Å². The Morgan fingerprint density at radius 1 is 1.45 bits per heavy atom. The largest absolute Gasteiger partial charge is 0.356 e. The summed E-state index contributed by atoms with van der Waals surface area (Å²) in [6.45, 7) is 7.58. The predicted octanol–water partition coefficient (Wildman–Crippen LogP) is 3.58. The van der Waals surface area contributed by atoms with Crippen LogP contribution in [0.1, 0.15) is 18.9 Å². The van der Waals surface area contributed by atoms with E-state index < -0.39 is 23.2 Å². The standard InChI is InChI=1S/C22H25ClFN3O2/c1-13-6-4-8-15(12-13)26-21(29)22(3)19(16(24)9-5-7-14(2)23)18-17(27-22)10-11-25-20(18)28/h4-9,12,17-19,27H,2,10-11H2,1,3H3,(H,25,28)(H,26,29)/b7-5-,16-9-/t17-,18+,19-,22+/m0/s1. The van der Waals surface area contributed by atoms with Gasteiger partial charge in [-0.3, -0.25) is 14.9 Å². The Hall–Kier alpha value is -2.44. The summed E-state index contributed by atoms with van der Waals surface area (Å²) in [6.07, 6.45) is 4.74. The average molecular weight is 418 g/mol. The molecule has 0 spiro atoms. The molecule has 2 heterocycles. The minimum atomic E-state index is -1.30. The van der Waals surface area contributed by atoms with Crippen LogP contribution in [-0.2, 0) is 9.59 Å². The van der Waals surface area contributed by atoms with E-state index >= 15 is 4.39 Å². The molecule has 2 saturated heterocycles. The molecule has 0 unspecified atom stereocenters. The molecule has 0 aliphatic carbocycles. The van der Waals surface area contributed by atoms with Gasteiger partial charge in [0, 0.05) is 23.3 Å². The van der Waals surface area contributed by atoms with Crippen LogP contribution >= 0.6 is 11.6 Å². The van der Waals surface area contributed by atoms with Crippen LogP contribution in [0.15, 0.2) is 59.9 Å². The first kappa shape index (κ1) is 21.3. The van der Waals surface area contributed by atoms with Gasteiger partial charge in [-0.1, -0.05) is 36.4 Å². The molecular weight excluding hydrogens is 393 g/mol. The van der Waals surface area contributed by atoms with Crippen LogP contribution in [0.25, 0.3) is 0 Å². The molecule has 5 nitrogen and oxygen atoms in total. The van der Waals surface area contributed by atoms with Gasteiger partial charge < -0.3 is 10.6 Å². The molecule has 154 valence electrons. The number of allylic oxidation sites excluding steroid dienone is 4. The fraction of sp³-hybridized carbons (Fsp3) is 0.364. The van der Waals surface area contributed by atoms with Gasteiger partial charge in [-0.2, -0.15) is 0 Å². The Labute approximate surface area is 175 Å². The van der Waals surface area contributed by atoms with E-state index in [1.54, 1.807) is 13.0 Å². The van der Waals surface area contributed by atoms with Crippen molar-refractivity contribution >= 4 is 29.1 Å². The molecule has 3 N–H and O–H groups in total. The van der Waals surface area contributed by atoms with Crippen LogP contribution in [0.2, 0.25) is 0 Å². The highest BCUT2D eigenvalue weighted by atomic mass is 35.5. The maximum atomic E-state index is 15.3. The fourth-order valence-corrected chi connectivity index (χ4v) is 4.27. The molecule has 1 aromatic carbocycles. The number of amides is 2. The maximum Gasteiger partial charge on any atom is 0.245 e. The first-order chi connectivity index (χ1) is 13.7. The summed E-state index contributed by atoms with van der Waals surface area (Å²) >= 11 is 5.69. The second-order valence-corrected chi connectivity index (χ2v) is 8.20. The number of carbonyl (C=O) groups excluding carboxylic acids is 2. The first-order valence-corrected chi connectivity index (χ1v) is 9.92. The number of rotatable bonds is 5. The molecule has 2 aliphatic rings. The molecule has 7 heteroatoms. The molecule has 2 aliphatic heterocycles. The van der Waals surface area contributed by atoms with E-state index in [1.807, 2.05) is 25.1 Å². The summed E-state index contributed by atoms with van der Waals surface area (Å²) in [5.41, 5.74) is 0.320. The van der Waals surface area contributed by atoms with Crippen LogP contribution in [-0.4, -0.2) is 29.9 Å². The van der Waals surface area contributed by atoms with Gasteiger partial charge in [-0.25, -0.2) is 4.39 Å². The number of fused-ring (bicyclic) bond motifs is 1. The first-order valence-electron chi connectivity index (χ1n) is 9.54. The van der Waals surface area contributed by atoms with Gasteiger partial charge in [-0.15, -0.1) is 0 Å². The molecule has 0 radical (unpaired) electrons. The Balaban J connectivity index is 1.95. The highest BCUT2D eigenvalue weighted by molar-refractivity contribution is 6.30. The highest BCUT2D eigenvalue weighted by Gasteiger charge is 2.59. The second kappa shape index (κ2) is 8.51. The van der Waals surface area contributed by atoms with Crippen molar-refractivity contribution in [2.24, 2.45) is 11.8 Å². The Bertz CT molecular complexity index is 898. The van der Waals surface area contributed by atoms with Gasteiger partial charge in [0.1, 0.15) is 11.4 Å². The lowest BCUT2D eigenvalue weighted by Crippen LogP contribution is -2.54. The van der Waals surface area contributed by atoms with Crippen LogP contribution in [0.4, 0.5) is 10.1 Å². The van der Waals surface area contributed by atoms with E-state index in [1.165, 1.54) is 18.2 Å². The Kier molecular flexibility index (Phi) is 6.24. The minimum Gasteiger partial charge on any atom is -0.356 e. The number of aryl methyl sites for hydroxylation is 1. The predicted molar refractivity (Wildman–Crippen MR) is 113 cm³/mol. The smallest absolute Gasteiger partial charge is 0.245 e. The lowest BCUT2D eigenvalue weighted by Gasteiger charge is -2.31. The zero-order valence-corrected chi connectivity index (χ0v) is 17.2. The van der Waals surface area contributed by atoms with E-state index in [0.717, 1.165) is 5.56 Å². The number of hydrogen-bond acceptors (Lipinski definition) is 3. The fourth-order valence-electron chi connectivity index (χ4n) is 4.20. The monoisotopic (exact) mass is 417 g/mol. The molecular formula is C22H25ClFN3O2. The number of nitrogens with one attached hydrogen (secondary N) is 3. The number of halogens is 2. The van der Waals surface area contributed by atoms with Crippen molar-refractivity contribution < 1.29 is 14.0 Å². The van der Waals surface area contributed by atoms with Crippen LogP contribution in [0.3, 0.4) is 0 Å². The lowest BCUT2D eigenvalue weighted by molar-refractivity contribution is -0.128. The normalized spacial score (nSPS) is 29.4. The van der Waals surface area contributed by atoms with Gasteiger partial charge in [0.15, 0.2) is 0 Å². The zero-order valence-electron chi connectivity index (χ0n) is 16.5. The molecule has 0 aromatic heterocycles. The number of hydrogen-bond donors (Lipinski definition) is 3. The van der Waals surface area contributed by atoms with E-state index in [4.69, 9.17) is 11.6 Å². The van der Waals surface area contributed by atoms with E-state index in [2.05, 4.69) is 22.5 Å². The lowest BCUT2D eigenvalue weighted by atomic mass is 9.76. The highest BCUT2D eigenvalue weighted by Crippen LogP contribution is 2.43. The summed E-state index contributed by atoms with van der Waals surface area (Å²) in [6, 6.07) is 7.09. The molecule has 0 bridgehead atoms. The summed E-state index contributed by atoms with van der Waals surface area (Å²) in [5.74, 6) is -2.82. The second-order valence-electron chi connectivity index (χ2n) is 7.72. The SMILES string of the molecule is C=C(Cl)/C=C\C=C(/F)[C@H]1[C@@H]2C(=O)NCC[C@@H]2N[C@@]1(C)C(=O)Nc1cccc(C)c1. The molecule has 29 heavy (non-hydrogen) atoms. The Morgan fingerprint density at radius 2 is 2.21 bits per heavy atom. The zero-order chi connectivity index (χ0) is 21.2. The van der Waals surface area contributed by atoms with E-state index in [9.17, 15) is 9.59 Å². The van der Waals surface area contributed by atoms with Crippen LogP contribution in [0, 0.1) is 18.8 Å². The maximum absolute atomic E-state index is 15.3. The third kappa shape index (κ3) is 4.43. The van der Waals surface area contributed by atoms with E-state index in [-0.39, 0.29) is 22.9 Å². The topological polar surface area (TPSA) is 70.2 Å². The van der Waals surface area contributed by atoms with Gasteiger partial charge >= 0.3 is 0 Å². The number of benzene rings is 1. The molecule has 2 fully saturated rings. The molecule has 4 atom stereocenters. The van der Waals surface area contributed by atoms with Crippen molar-refractivity contribution in [2.45, 2.75) is 31.8 Å². The van der Waals surface area contributed by atoms with Crippen molar-refractivity contribution in [2.75, 3.05) is 11.9 Å².